The van der Waals surface area contributed by atoms with Crippen LogP contribution in [0.15, 0.2) is 0 Å². The summed E-state index contributed by atoms with van der Waals surface area (Å²) in [5.41, 5.74) is -0.652. The maximum atomic E-state index is 12.1. The van der Waals surface area contributed by atoms with E-state index < -0.39 is 5.54 Å². The molecule has 0 bridgehead atoms. The van der Waals surface area contributed by atoms with Crippen LogP contribution >= 0.6 is 0 Å². The van der Waals surface area contributed by atoms with Crippen molar-refractivity contribution in [2.75, 3.05) is 19.8 Å². The lowest BCUT2D eigenvalue weighted by atomic mass is 9.83. The number of nitrogens with one attached hydrogen (secondary N) is 1. The Balaban J connectivity index is 2.35. The monoisotopic (exact) mass is 285 g/mol. The molecule has 1 saturated carbocycles. The van der Waals surface area contributed by atoms with Crippen LogP contribution in [0.5, 0.6) is 0 Å². The van der Waals surface area contributed by atoms with Crippen LogP contribution in [-0.4, -0.2) is 37.4 Å². The Morgan fingerprint density at radius 3 is 2.60 bits per heavy atom. The minimum absolute atomic E-state index is 0.0588. The Hall–Kier alpha value is -0.610. The van der Waals surface area contributed by atoms with Crippen LogP contribution in [0.2, 0.25) is 0 Å². The molecule has 0 aromatic rings. The van der Waals surface area contributed by atoms with Gasteiger partial charge >= 0.3 is 5.97 Å². The Labute approximate surface area is 123 Å². The van der Waals surface area contributed by atoms with E-state index in [9.17, 15) is 4.79 Å². The molecule has 1 aliphatic rings. The van der Waals surface area contributed by atoms with E-state index in [1.165, 1.54) is 19.3 Å². The van der Waals surface area contributed by atoms with Crippen molar-refractivity contribution in [3.05, 3.63) is 0 Å². The van der Waals surface area contributed by atoms with Crippen molar-refractivity contribution in [1.29, 1.82) is 0 Å². The Bertz CT molecular complexity index is 291. The van der Waals surface area contributed by atoms with Gasteiger partial charge in [0.2, 0.25) is 0 Å². The second kappa shape index (κ2) is 8.63. The largest absolute Gasteiger partial charge is 0.465 e. The maximum Gasteiger partial charge on any atom is 0.326 e. The smallest absolute Gasteiger partial charge is 0.326 e. The number of carbonyl (C=O) groups is 1. The van der Waals surface area contributed by atoms with Gasteiger partial charge in [0.1, 0.15) is 5.54 Å². The predicted octanol–water partition coefficient (Wildman–Crippen LogP) is 2.90. The molecule has 1 fully saturated rings. The van der Waals surface area contributed by atoms with Crippen molar-refractivity contribution >= 4 is 5.97 Å². The molecule has 1 aliphatic carbocycles. The number of hydrogen-bond donors (Lipinski definition) is 1. The number of carbonyl (C=O) groups excluding carboxylic acids is 1. The third-order valence-corrected chi connectivity index (χ3v) is 4.14. The zero-order valence-corrected chi connectivity index (χ0v) is 13.5. The second-order valence-electron chi connectivity index (χ2n) is 6.05. The predicted molar refractivity (Wildman–Crippen MR) is 80.7 cm³/mol. The normalized spacial score (nSPS) is 20.0. The molecular formula is C16H31NO3. The minimum atomic E-state index is -0.652. The fourth-order valence-electron chi connectivity index (χ4n) is 2.76. The number of likely N-dealkylation sites (N-methyl/N-ethyl adjacent to an activating group) is 1. The van der Waals surface area contributed by atoms with Gasteiger partial charge in [-0.2, -0.15) is 0 Å². The SMILES string of the molecule is CCNC(C)(CC(C)OCCC1CCC1)C(=O)OCC. The second-order valence-corrected chi connectivity index (χ2v) is 6.05. The average Bonchev–Trinajstić information content (AvgIpc) is 2.33. The third-order valence-electron chi connectivity index (χ3n) is 4.14. The summed E-state index contributed by atoms with van der Waals surface area (Å²) in [5.74, 6) is 0.684. The molecule has 0 radical (unpaired) electrons. The van der Waals surface area contributed by atoms with Gasteiger partial charge in [-0.3, -0.25) is 4.79 Å². The van der Waals surface area contributed by atoms with E-state index in [0.717, 1.165) is 25.5 Å². The molecule has 118 valence electrons. The lowest BCUT2D eigenvalue weighted by Gasteiger charge is -2.31. The average molecular weight is 285 g/mol. The molecule has 2 unspecified atom stereocenters. The van der Waals surface area contributed by atoms with Gasteiger partial charge in [-0.25, -0.2) is 0 Å². The highest BCUT2D eigenvalue weighted by Crippen LogP contribution is 2.29. The first-order valence-corrected chi connectivity index (χ1v) is 8.05. The fraction of sp³-hybridized carbons (Fsp3) is 0.938. The van der Waals surface area contributed by atoms with E-state index in [2.05, 4.69) is 5.32 Å². The number of ether oxygens (including phenoxy) is 2. The highest BCUT2D eigenvalue weighted by Gasteiger charge is 2.35. The van der Waals surface area contributed by atoms with Crippen LogP contribution in [0, 0.1) is 5.92 Å². The molecule has 0 aromatic heterocycles. The molecule has 0 heterocycles. The molecule has 0 aromatic carbocycles. The van der Waals surface area contributed by atoms with E-state index in [1.54, 1.807) is 0 Å². The number of esters is 1. The first-order chi connectivity index (χ1) is 9.51. The molecule has 1 N–H and O–H groups in total. The van der Waals surface area contributed by atoms with Crippen molar-refractivity contribution in [3.8, 4) is 0 Å². The summed E-state index contributed by atoms with van der Waals surface area (Å²) in [6, 6.07) is 0. The summed E-state index contributed by atoms with van der Waals surface area (Å²) in [6.07, 6.45) is 5.95. The van der Waals surface area contributed by atoms with Gasteiger partial charge in [-0.15, -0.1) is 0 Å². The number of rotatable bonds is 10. The van der Waals surface area contributed by atoms with E-state index in [-0.39, 0.29) is 12.1 Å². The highest BCUT2D eigenvalue weighted by molar-refractivity contribution is 5.80. The molecule has 0 saturated heterocycles. The maximum absolute atomic E-state index is 12.1. The molecule has 2 atom stereocenters. The Kier molecular flexibility index (Phi) is 7.52. The van der Waals surface area contributed by atoms with Crippen LogP contribution in [-0.2, 0) is 14.3 Å². The Morgan fingerprint density at radius 2 is 2.10 bits per heavy atom. The van der Waals surface area contributed by atoms with Crippen molar-refractivity contribution in [3.63, 3.8) is 0 Å². The Morgan fingerprint density at radius 1 is 1.40 bits per heavy atom. The summed E-state index contributed by atoms with van der Waals surface area (Å²) in [5, 5.41) is 3.24. The van der Waals surface area contributed by atoms with Crippen LogP contribution in [0.1, 0.15) is 59.8 Å². The van der Waals surface area contributed by atoms with Crippen molar-refractivity contribution in [2.45, 2.75) is 71.4 Å². The third kappa shape index (κ3) is 5.41. The van der Waals surface area contributed by atoms with Crippen LogP contribution < -0.4 is 5.32 Å². The van der Waals surface area contributed by atoms with Gasteiger partial charge in [-0.1, -0.05) is 26.2 Å². The molecular weight excluding hydrogens is 254 g/mol. The number of hydrogen-bond acceptors (Lipinski definition) is 4. The van der Waals surface area contributed by atoms with Gasteiger partial charge in [-0.05, 0) is 39.7 Å². The van der Waals surface area contributed by atoms with Gasteiger partial charge in [0, 0.05) is 13.0 Å². The lowest BCUT2D eigenvalue weighted by molar-refractivity contribution is -0.152. The van der Waals surface area contributed by atoms with Crippen molar-refractivity contribution in [1.82, 2.24) is 5.32 Å². The zero-order valence-electron chi connectivity index (χ0n) is 13.5. The summed E-state index contributed by atoms with van der Waals surface area (Å²) in [7, 11) is 0. The summed E-state index contributed by atoms with van der Waals surface area (Å²) < 4.78 is 11.0. The standard InChI is InChI=1S/C16H31NO3/c1-5-17-16(4,15(18)19-6-2)12-13(3)20-11-10-14-8-7-9-14/h13-14,17H,5-12H2,1-4H3. The fourth-order valence-corrected chi connectivity index (χ4v) is 2.76. The summed E-state index contributed by atoms with van der Waals surface area (Å²) in [6.45, 7) is 9.73. The van der Waals surface area contributed by atoms with Gasteiger partial charge in [0.15, 0.2) is 0 Å². The topological polar surface area (TPSA) is 47.6 Å². The van der Waals surface area contributed by atoms with E-state index in [4.69, 9.17) is 9.47 Å². The summed E-state index contributed by atoms with van der Waals surface area (Å²) in [4.78, 5) is 12.1. The van der Waals surface area contributed by atoms with Gasteiger partial charge in [0.05, 0.1) is 12.7 Å². The first kappa shape index (κ1) is 17.4. The molecule has 0 aliphatic heterocycles. The van der Waals surface area contributed by atoms with Gasteiger partial charge < -0.3 is 14.8 Å². The van der Waals surface area contributed by atoms with Gasteiger partial charge in [0.25, 0.3) is 0 Å². The molecule has 20 heavy (non-hydrogen) atoms. The first-order valence-electron chi connectivity index (χ1n) is 8.05. The quantitative estimate of drug-likeness (QED) is 0.627. The van der Waals surface area contributed by atoms with Crippen LogP contribution in [0.3, 0.4) is 0 Å². The highest BCUT2D eigenvalue weighted by atomic mass is 16.5. The van der Waals surface area contributed by atoms with E-state index in [0.29, 0.717) is 13.0 Å². The molecule has 4 heteroatoms. The molecule has 0 spiro atoms. The van der Waals surface area contributed by atoms with Crippen LogP contribution in [0.25, 0.3) is 0 Å². The zero-order chi connectivity index (χ0) is 15.0. The van der Waals surface area contributed by atoms with Crippen LogP contribution in [0.4, 0.5) is 0 Å². The molecule has 1 rings (SSSR count). The van der Waals surface area contributed by atoms with Crippen molar-refractivity contribution < 1.29 is 14.3 Å². The molecule has 4 nitrogen and oxygen atoms in total. The van der Waals surface area contributed by atoms with E-state index >= 15 is 0 Å². The van der Waals surface area contributed by atoms with Crippen molar-refractivity contribution in [2.24, 2.45) is 5.92 Å². The molecule has 0 amide bonds. The summed E-state index contributed by atoms with van der Waals surface area (Å²) >= 11 is 0. The lowest BCUT2D eigenvalue weighted by Crippen LogP contribution is -2.52. The minimum Gasteiger partial charge on any atom is -0.465 e. The van der Waals surface area contributed by atoms with E-state index in [1.807, 2.05) is 27.7 Å².